The normalized spacial score (nSPS) is 15.8. The van der Waals surface area contributed by atoms with E-state index in [1.54, 1.807) is 32.2 Å². The zero-order valence-electron chi connectivity index (χ0n) is 21.5. The molecule has 0 bridgehead atoms. The summed E-state index contributed by atoms with van der Waals surface area (Å²) in [7, 11) is -3.72. The third kappa shape index (κ3) is 11.4. The summed E-state index contributed by atoms with van der Waals surface area (Å²) >= 11 is 1.73. The zero-order chi connectivity index (χ0) is 27.5. The summed E-state index contributed by atoms with van der Waals surface area (Å²) < 4.78 is 48.9. The largest absolute Gasteiger partial charge is 0.447 e. The lowest BCUT2D eigenvalue weighted by atomic mass is 10.1. The minimum Gasteiger partial charge on any atom is -0.447 e. The zero-order valence-corrected chi connectivity index (χ0v) is 24.0. The summed E-state index contributed by atoms with van der Waals surface area (Å²) in [6.45, 7) is 9.65. The Labute approximate surface area is 221 Å². The summed E-state index contributed by atoms with van der Waals surface area (Å²) in [5.74, 6) is 0. The average molecular weight is 565 g/mol. The SMILES string of the molecule is CC(C)(C)NS(=O)(=O)c1cc(N)ccc1-c1cnc([C@@H]2CCCCO2)s1.CC(C)OC(N)=O.CSF. The highest BCUT2D eigenvalue weighted by Crippen LogP contribution is 2.37. The van der Waals surface area contributed by atoms with Crippen LogP contribution in [-0.2, 0) is 19.5 Å². The summed E-state index contributed by atoms with van der Waals surface area (Å²) in [4.78, 5) is 15.3. The first-order valence-electron chi connectivity index (χ1n) is 11.3. The second-order valence-electron chi connectivity index (χ2n) is 9.17. The number of benzene rings is 1. The van der Waals surface area contributed by atoms with Crippen molar-refractivity contribution in [2.45, 2.75) is 76.5 Å². The maximum Gasteiger partial charge on any atom is 0.404 e. The molecule has 1 atom stereocenters. The van der Waals surface area contributed by atoms with E-state index in [1.807, 2.05) is 20.8 Å². The van der Waals surface area contributed by atoms with Crippen LogP contribution in [0, 0.1) is 0 Å². The molecule has 3 rings (SSSR count). The predicted octanol–water partition coefficient (Wildman–Crippen LogP) is 5.43. The van der Waals surface area contributed by atoms with Crippen molar-refractivity contribution in [1.82, 2.24) is 9.71 Å². The molecule has 1 aromatic heterocycles. The smallest absolute Gasteiger partial charge is 0.404 e. The van der Waals surface area contributed by atoms with Gasteiger partial charge in [0.25, 0.3) is 0 Å². The molecule has 1 saturated heterocycles. The van der Waals surface area contributed by atoms with Crippen molar-refractivity contribution in [2.24, 2.45) is 5.73 Å². The molecule has 0 spiro atoms. The number of nitrogens with zero attached hydrogens (tertiary/aromatic N) is 1. The number of nitrogen functional groups attached to an aromatic ring is 1. The van der Waals surface area contributed by atoms with Gasteiger partial charge in [-0.15, -0.1) is 11.3 Å². The molecule has 1 aromatic carbocycles. The lowest BCUT2D eigenvalue weighted by molar-refractivity contribution is 0.0148. The van der Waals surface area contributed by atoms with Crippen LogP contribution < -0.4 is 16.2 Å². The molecule has 1 aliphatic heterocycles. The molecule has 9 nitrogen and oxygen atoms in total. The van der Waals surface area contributed by atoms with E-state index in [1.165, 1.54) is 23.7 Å². The predicted molar refractivity (Wildman–Crippen MR) is 145 cm³/mol. The Morgan fingerprint density at radius 3 is 2.44 bits per heavy atom. The van der Waals surface area contributed by atoms with Gasteiger partial charge in [-0.25, -0.2) is 22.9 Å². The number of aromatic nitrogens is 1. The number of ether oxygens (including phenoxy) is 2. The van der Waals surface area contributed by atoms with E-state index in [2.05, 4.69) is 20.2 Å². The maximum atomic E-state index is 12.9. The van der Waals surface area contributed by atoms with Crippen LogP contribution >= 0.6 is 23.5 Å². The van der Waals surface area contributed by atoms with Crippen molar-refractivity contribution in [3.63, 3.8) is 0 Å². The molecule has 0 radical (unpaired) electrons. The molecule has 0 saturated carbocycles. The summed E-state index contributed by atoms with van der Waals surface area (Å²) in [6.07, 6.45) is 5.44. The van der Waals surface area contributed by atoms with E-state index < -0.39 is 21.7 Å². The first-order valence-corrected chi connectivity index (χ1v) is 14.7. The quantitative estimate of drug-likeness (QED) is 0.407. The molecular formula is C23H37FN4O5S3. The van der Waals surface area contributed by atoms with Gasteiger partial charge in [-0.2, -0.15) is 3.89 Å². The van der Waals surface area contributed by atoms with Gasteiger partial charge < -0.3 is 20.9 Å². The highest BCUT2D eigenvalue weighted by atomic mass is 32.2. The van der Waals surface area contributed by atoms with Crippen LogP contribution in [0.3, 0.4) is 0 Å². The first-order chi connectivity index (χ1) is 16.7. The highest BCUT2D eigenvalue weighted by Gasteiger charge is 2.27. The topological polar surface area (TPSA) is 147 Å². The molecule has 5 N–H and O–H groups in total. The van der Waals surface area contributed by atoms with Gasteiger partial charge >= 0.3 is 6.09 Å². The van der Waals surface area contributed by atoms with Gasteiger partial charge in [0.2, 0.25) is 10.0 Å². The van der Waals surface area contributed by atoms with Crippen LogP contribution in [-0.4, -0.2) is 44.0 Å². The van der Waals surface area contributed by atoms with Crippen LogP contribution in [0.5, 0.6) is 0 Å². The number of primary amides is 1. The summed E-state index contributed by atoms with van der Waals surface area (Å²) in [6, 6.07) is 4.95. The summed E-state index contributed by atoms with van der Waals surface area (Å²) in [5.41, 5.74) is 10.9. The Balaban J connectivity index is 0.000000552. The fraction of sp³-hybridized carbons (Fsp3) is 0.565. The Morgan fingerprint density at radius 2 is 1.97 bits per heavy atom. The molecule has 1 amide bonds. The van der Waals surface area contributed by atoms with E-state index in [9.17, 15) is 17.1 Å². The van der Waals surface area contributed by atoms with Crippen molar-refractivity contribution >= 4 is 45.3 Å². The minimum absolute atomic E-state index is 0.00374. The molecule has 0 unspecified atom stereocenters. The Bertz CT molecular complexity index is 1070. The average Bonchev–Trinajstić information content (AvgIpc) is 3.23. The number of nitrogens with two attached hydrogens (primary N) is 2. The number of sulfonamides is 1. The van der Waals surface area contributed by atoms with E-state index in [-0.39, 0.29) is 29.3 Å². The third-order valence-corrected chi connectivity index (χ3v) is 7.25. The van der Waals surface area contributed by atoms with Crippen LogP contribution in [0.1, 0.15) is 65.0 Å². The van der Waals surface area contributed by atoms with Crippen molar-refractivity contribution in [2.75, 3.05) is 18.6 Å². The number of hydrogen-bond acceptors (Lipinski definition) is 9. The van der Waals surface area contributed by atoms with Crippen molar-refractivity contribution in [3.8, 4) is 10.4 Å². The van der Waals surface area contributed by atoms with Crippen molar-refractivity contribution in [3.05, 3.63) is 29.4 Å². The van der Waals surface area contributed by atoms with Crippen LogP contribution in [0.2, 0.25) is 0 Å². The second-order valence-corrected chi connectivity index (χ2v) is 12.2. The Kier molecular flexibility index (Phi) is 13.1. The van der Waals surface area contributed by atoms with E-state index in [0.717, 1.165) is 35.8 Å². The third-order valence-electron chi connectivity index (χ3n) is 4.33. The van der Waals surface area contributed by atoms with Gasteiger partial charge in [-0.05, 0) is 66.0 Å². The van der Waals surface area contributed by atoms with E-state index >= 15 is 0 Å². The second kappa shape index (κ2) is 14.7. The number of amides is 1. The van der Waals surface area contributed by atoms with Gasteiger partial charge in [-0.3, -0.25) is 0 Å². The number of halogens is 1. The van der Waals surface area contributed by atoms with E-state index in [0.29, 0.717) is 11.3 Å². The van der Waals surface area contributed by atoms with Crippen LogP contribution in [0.4, 0.5) is 14.4 Å². The number of thiazole rings is 1. The first kappa shape index (κ1) is 32.1. The fourth-order valence-electron chi connectivity index (χ4n) is 3.15. The van der Waals surface area contributed by atoms with Gasteiger partial charge in [0.1, 0.15) is 11.1 Å². The number of nitrogens with one attached hydrogen (secondary N) is 1. The molecule has 0 aliphatic carbocycles. The fourth-order valence-corrected chi connectivity index (χ4v) is 5.93. The minimum atomic E-state index is -3.72. The van der Waals surface area contributed by atoms with Gasteiger partial charge in [0, 0.05) is 48.0 Å². The molecule has 2 heterocycles. The number of hydrogen-bond donors (Lipinski definition) is 3. The number of carbonyl (C=O) groups excluding carboxylic acids is 1. The maximum absolute atomic E-state index is 12.9. The lowest BCUT2D eigenvalue weighted by Gasteiger charge is -2.21. The van der Waals surface area contributed by atoms with Gasteiger partial charge in [0.15, 0.2) is 0 Å². The van der Waals surface area contributed by atoms with E-state index in [4.69, 9.17) is 10.5 Å². The number of carbonyl (C=O) groups is 1. The molecule has 13 heteroatoms. The van der Waals surface area contributed by atoms with Gasteiger partial charge in [0.05, 0.1) is 15.9 Å². The molecular weight excluding hydrogens is 527 g/mol. The monoisotopic (exact) mass is 564 g/mol. The number of rotatable bonds is 5. The molecule has 1 fully saturated rings. The lowest BCUT2D eigenvalue weighted by Crippen LogP contribution is -2.40. The Morgan fingerprint density at radius 1 is 1.33 bits per heavy atom. The standard InChI is InChI=1S/C18H25N3O3S2.C4H9NO2.CH3FS/c1-18(2,3)21-26(22,23)16-10-12(19)7-8-13(16)15-11-20-17(25-15)14-6-4-5-9-24-14;1-3(2)7-4(5)6;1-3-2/h7-8,10-11,14,21H,4-6,9,19H2,1-3H3;3H,1-2H3,(H2,5,6);1H3/t14-;;/m0../s1. The van der Waals surface area contributed by atoms with Crippen molar-refractivity contribution < 1.29 is 26.6 Å². The van der Waals surface area contributed by atoms with Crippen LogP contribution in [0.15, 0.2) is 29.3 Å². The molecule has 36 heavy (non-hydrogen) atoms. The molecule has 2 aromatic rings. The van der Waals surface area contributed by atoms with Crippen LogP contribution in [0.25, 0.3) is 10.4 Å². The summed E-state index contributed by atoms with van der Waals surface area (Å²) in [5, 5.41) is 0.892. The molecule has 204 valence electrons. The highest BCUT2D eigenvalue weighted by molar-refractivity contribution is 7.93. The molecule has 1 aliphatic rings. The van der Waals surface area contributed by atoms with Crippen molar-refractivity contribution in [1.29, 1.82) is 0 Å². The Hall–Kier alpha value is -1.93. The number of anilines is 1. The van der Waals surface area contributed by atoms with Gasteiger partial charge in [-0.1, -0.05) is 6.07 Å².